The van der Waals surface area contributed by atoms with Crippen LogP contribution < -0.4 is 0 Å². The van der Waals surface area contributed by atoms with Crippen LogP contribution in [0.1, 0.15) is 27.2 Å². The van der Waals surface area contributed by atoms with Crippen molar-refractivity contribution in [2.45, 2.75) is 45.4 Å². The van der Waals surface area contributed by atoms with E-state index in [4.69, 9.17) is 4.74 Å². The Morgan fingerprint density at radius 1 is 1.71 bits per heavy atom. The number of hydrogen-bond acceptors (Lipinski definition) is 3. The summed E-state index contributed by atoms with van der Waals surface area (Å²) in [6.07, 6.45) is 0.237. The van der Waals surface area contributed by atoms with Crippen molar-refractivity contribution in [2.24, 2.45) is 5.41 Å². The Bertz CT molecular complexity index is 268. The second-order valence-electron chi connectivity index (χ2n) is 4.50. The van der Waals surface area contributed by atoms with Crippen LogP contribution >= 0.6 is 0 Å². The number of fused-ring (bicyclic) bond motifs is 1. The van der Waals surface area contributed by atoms with Crippen molar-refractivity contribution < 1.29 is 14.6 Å². The second kappa shape index (κ2) is 2.86. The largest absolute Gasteiger partial charge is 0.450 e. The molecule has 3 fully saturated rings. The Labute approximate surface area is 83.8 Å². The maximum atomic E-state index is 11.6. The van der Waals surface area contributed by atoms with Crippen LogP contribution in [0.5, 0.6) is 0 Å². The number of hydrogen-bond donors (Lipinski definition) is 1. The molecule has 0 aromatic carbocycles. The number of aliphatic hydroxyl groups excluding tert-OH is 1. The summed E-state index contributed by atoms with van der Waals surface area (Å²) in [4.78, 5) is 13.3. The molecule has 1 saturated carbocycles. The van der Waals surface area contributed by atoms with Gasteiger partial charge >= 0.3 is 6.09 Å². The third-order valence-electron chi connectivity index (χ3n) is 3.90. The van der Waals surface area contributed by atoms with Gasteiger partial charge in [-0.2, -0.15) is 0 Å². The Morgan fingerprint density at radius 3 is 2.71 bits per heavy atom. The number of carbonyl (C=O) groups excluding carboxylic acids is 1. The molecule has 2 heterocycles. The van der Waals surface area contributed by atoms with Gasteiger partial charge < -0.3 is 9.84 Å². The van der Waals surface area contributed by atoms with E-state index in [0.717, 1.165) is 6.42 Å². The fraction of sp³-hybridized carbons (Fsp3) is 0.900. The highest BCUT2D eigenvalue weighted by atomic mass is 16.6. The highest BCUT2D eigenvalue weighted by Gasteiger charge is 2.66. The number of carbonyl (C=O) groups is 1. The predicted octanol–water partition coefficient (Wildman–Crippen LogP) is 0.987. The topological polar surface area (TPSA) is 49.8 Å². The molecule has 0 aromatic heterocycles. The van der Waals surface area contributed by atoms with Crippen molar-refractivity contribution in [3.8, 4) is 0 Å². The lowest BCUT2D eigenvalue weighted by molar-refractivity contribution is -0.0366. The monoisotopic (exact) mass is 199 g/mol. The van der Waals surface area contributed by atoms with Crippen LogP contribution in [-0.2, 0) is 4.74 Å². The van der Waals surface area contributed by atoms with Gasteiger partial charge in [-0.15, -0.1) is 0 Å². The highest BCUT2D eigenvalue weighted by Crippen LogP contribution is 2.55. The molecule has 14 heavy (non-hydrogen) atoms. The van der Waals surface area contributed by atoms with Gasteiger partial charge in [0.05, 0.1) is 18.8 Å². The van der Waals surface area contributed by atoms with E-state index < -0.39 is 0 Å². The van der Waals surface area contributed by atoms with E-state index in [1.165, 1.54) is 0 Å². The average molecular weight is 199 g/mol. The van der Waals surface area contributed by atoms with E-state index in [2.05, 4.69) is 0 Å². The van der Waals surface area contributed by atoms with E-state index >= 15 is 0 Å². The molecule has 0 radical (unpaired) electrons. The van der Waals surface area contributed by atoms with Crippen molar-refractivity contribution in [1.82, 2.24) is 4.90 Å². The van der Waals surface area contributed by atoms with Crippen molar-refractivity contribution in [2.75, 3.05) is 6.61 Å². The zero-order valence-electron chi connectivity index (χ0n) is 8.86. The Balaban J connectivity index is 2.13. The molecule has 1 N–H and O–H groups in total. The molecule has 1 amide bonds. The average Bonchev–Trinajstić information content (AvgIpc) is 2.51. The van der Waals surface area contributed by atoms with E-state index in [-0.39, 0.29) is 29.7 Å². The lowest BCUT2D eigenvalue weighted by Gasteiger charge is -2.40. The maximum Gasteiger partial charge on any atom is 0.410 e. The standard InChI is InChI=1S/C10H17NO3/c1-4-14-9(13)11-6(2)10(3)5-7(11)8(10)12/h6-8,12H,4-5H2,1-3H3/t6-,7+,8-,10+/m1/s1. The molecule has 4 atom stereocenters. The minimum atomic E-state index is -0.373. The first kappa shape index (κ1) is 9.77. The first-order valence-electron chi connectivity index (χ1n) is 5.15. The van der Waals surface area contributed by atoms with Gasteiger partial charge in [0.15, 0.2) is 0 Å². The Morgan fingerprint density at radius 2 is 2.36 bits per heavy atom. The molecule has 2 aliphatic heterocycles. The minimum Gasteiger partial charge on any atom is -0.450 e. The molecule has 0 aromatic rings. The molecular weight excluding hydrogens is 182 g/mol. The molecule has 80 valence electrons. The second-order valence-corrected chi connectivity index (χ2v) is 4.50. The highest BCUT2D eigenvalue weighted by molar-refractivity contribution is 5.70. The van der Waals surface area contributed by atoms with Gasteiger partial charge in [-0.1, -0.05) is 6.92 Å². The molecule has 0 spiro atoms. The predicted molar refractivity (Wildman–Crippen MR) is 50.8 cm³/mol. The van der Waals surface area contributed by atoms with Crippen molar-refractivity contribution in [3.63, 3.8) is 0 Å². The van der Waals surface area contributed by atoms with Crippen LogP contribution in [-0.4, -0.2) is 40.9 Å². The molecule has 2 saturated heterocycles. The van der Waals surface area contributed by atoms with Crippen LogP contribution in [0.25, 0.3) is 0 Å². The maximum absolute atomic E-state index is 11.6. The summed E-state index contributed by atoms with van der Waals surface area (Å²) < 4.78 is 4.96. The summed E-state index contributed by atoms with van der Waals surface area (Å²) >= 11 is 0. The third kappa shape index (κ3) is 0.947. The normalized spacial score (nSPS) is 44.9. The molecule has 1 aliphatic carbocycles. The number of nitrogens with zero attached hydrogens (tertiary/aromatic N) is 1. The van der Waals surface area contributed by atoms with Crippen molar-refractivity contribution in [1.29, 1.82) is 0 Å². The molecular formula is C10H17NO3. The van der Waals surface area contributed by atoms with Crippen molar-refractivity contribution >= 4 is 6.09 Å². The van der Waals surface area contributed by atoms with Crippen LogP contribution in [0.2, 0.25) is 0 Å². The SMILES string of the molecule is CCOC(=O)N1[C@H]2C[C@](C)([C@@H]2O)[C@H]1C. The third-order valence-corrected chi connectivity index (χ3v) is 3.90. The quantitative estimate of drug-likeness (QED) is 0.685. The smallest absolute Gasteiger partial charge is 0.410 e. The van der Waals surface area contributed by atoms with Gasteiger partial charge in [0.1, 0.15) is 0 Å². The van der Waals surface area contributed by atoms with E-state index in [1.807, 2.05) is 13.8 Å². The van der Waals surface area contributed by atoms with Gasteiger partial charge in [-0.25, -0.2) is 4.79 Å². The molecule has 2 bridgehead atoms. The molecule has 4 nitrogen and oxygen atoms in total. The number of rotatable bonds is 1. The van der Waals surface area contributed by atoms with Gasteiger partial charge in [-0.3, -0.25) is 4.90 Å². The number of ether oxygens (including phenoxy) is 1. The van der Waals surface area contributed by atoms with Gasteiger partial charge in [-0.05, 0) is 20.3 Å². The summed E-state index contributed by atoms with van der Waals surface area (Å²) in [5.41, 5.74) is -0.114. The zero-order chi connectivity index (χ0) is 10.5. The molecule has 0 unspecified atom stereocenters. The van der Waals surface area contributed by atoms with Crippen molar-refractivity contribution in [3.05, 3.63) is 0 Å². The fourth-order valence-corrected chi connectivity index (χ4v) is 2.73. The Hall–Kier alpha value is -0.770. The fourth-order valence-electron chi connectivity index (χ4n) is 2.73. The number of amides is 1. The summed E-state index contributed by atoms with van der Waals surface area (Å²) in [5.74, 6) is 0. The molecule has 3 aliphatic rings. The van der Waals surface area contributed by atoms with E-state index in [9.17, 15) is 9.90 Å². The first-order chi connectivity index (χ1) is 6.52. The van der Waals surface area contributed by atoms with Crippen LogP contribution in [0.3, 0.4) is 0 Å². The summed E-state index contributed by atoms with van der Waals surface area (Å²) in [5, 5.41) is 9.82. The van der Waals surface area contributed by atoms with E-state index in [0.29, 0.717) is 6.61 Å². The molecule has 4 heteroatoms. The number of aliphatic hydroxyl groups is 1. The van der Waals surface area contributed by atoms with Gasteiger partial charge in [0.2, 0.25) is 0 Å². The first-order valence-corrected chi connectivity index (χ1v) is 5.15. The van der Waals surface area contributed by atoms with Crippen LogP contribution in [0, 0.1) is 5.41 Å². The summed E-state index contributed by atoms with van der Waals surface area (Å²) in [6, 6.07) is 0.0654. The zero-order valence-corrected chi connectivity index (χ0v) is 8.86. The lowest BCUT2D eigenvalue weighted by atomic mass is 9.66. The summed E-state index contributed by atoms with van der Waals surface area (Å²) in [6.45, 7) is 6.19. The van der Waals surface area contributed by atoms with Crippen LogP contribution in [0.4, 0.5) is 4.79 Å². The summed E-state index contributed by atoms with van der Waals surface area (Å²) in [7, 11) is 0. The Kier molecular flexibility index (Phi) is 2.00. The molecule has 3 rings (SSSR count). The van der Waals surface area contributed by atoms with E-state index in [1.54, 1.807) is 11.8 Å². The lowest BCUT2D eigenvalue weighted by Crippen LogP contribution is -2.50. The van der Waals surface area contributed by atoms with Gasteiger partial charge in [0, 0.05) is 11.5 Å². The minimum absolute atomic E-state index is 0.0194. The van der Waals surface area contributed by atoms with Gasteiger partial charge in [0.25, 0.3) is 0 Å². The van der Waals surface area contributed by atoms with Crippen LogP contribution in [0.15, 0.2) is 0 Å².